The minimum atomic E-state index is -2.50. The second-order valence-corrected chi connectivity index (χ2v) is 11.8. The monoisotopic (exact) mass is 534 g/mol. The molecule has 0 radical (unpaired) electrons. The maximum Gasteiger partial charge on any atom is 0.255 e. The predicted molar refractivity (Wildman–Crippen MR) is 153 cm³/mol. The number of nitrogens with one attached hydrogen (secondary N) is 1. The van der Waals surface area contributed by atoms with Crippen molar-refractivity contribution in [1.82, 2.24) is 0 Å². The third-order valence-corrected chi connectivity index (χ3v) is 8.15. The Morgan fingerprint density at radius 1 is 1.05 bits per heavy atom. The Morgan fingerprint density at radius 3 is 2.43 bits per heavy atom. The van der Waals surface area contributed by atoms with E-state index in [4.69, 9.17) is 10.3 Å². The van der Waals surface area contributed by atoms with Gasteiger partial charge in [0.25, 0.3) is 5.91 Å². The van der Waals surface area contributed by atoms with Crippen molar-refractivity contribution in [3.63, 3.8) is 0 Å². The van der Waals surface area contributed by atoms with Gasteiger partial charge < -0.3 is 20.7 Å². The van der Waals surface area contributed by atoms with Crippen molar-refractivity contribution in [3.05, 3.63) is 101 Å². The van der Waals surface area contributed by atoms with Gasteiger partial charge in [-0.1, -0.05) is 42.5 Å². The maximum absolute atomic E-state index is 13.0. The van der Waals surface area contributed by atoms with Gasteiger partial charge >= 0.3 is 0 Å². The van der Waals surface area contributed by atoms with Gasteiger partial charge in [-0.3, -0.25) is 9.36 Å². The molecule has 2 atom stereocenters. The molecule has 0 aliphatic rings. The fourth-order valence-electron chi connectivity index (χ4n) is 3.85. The smallest absolute Gasteiger partial charge is 0.255 e. The molecule has 0 saturated heterocycles. The molecule has 4 N–H and O–H groups in total. The minimum Gasteiger partial charge on any atom is -0.397 e. The summed E-state index contributed by atoms with van der Waals surface area (Å²) in [6, 6.07) is 25.7. The Morgan fingerprint density at radius 2 is 1.78 bits per heavy atom. The van der Waals surface area contributed by atoms with E-state index in [1.54, 1.807) is 67.6 Å². The number of amides is 1. The topological polar surface area (TPSA) is 102 Å². The standard InChI is InChI=1S/C29H31N2O4PS/c1-29(2,33)17-16-26(35-36(34)23-7-4-3-5-8-23)20-10-12-21(13-11-20)28(32)31-25-19-22(14-15-24(25)30)27-9-6-18-37-27/h3-15,18-19,26,33,36H,16-17,30H2,1-2H3,(H,31,32). The molecule has 1 heterocycles. The molecule has 1 aromatic heterocycles. The lowest BCUT2D eigenvalue weighted by Gasteiger charge is -2.23. The van der Waals surface area contributed by atoms with Crippen LogP contribution in [0.25, 0.3) is 10.4 Å². The summed E-state index contributed by atoms with van der Waals surface area (Å²) in [6.07, 6.45) is 0.446. The molecule has 0 aliphatic heterocycles. The number of nitrogens with two attached hydrogens (primary N) is 1. The highest BCUT2D eigenvalue weighted by molar-refractivity contribution is 7.48. The SMILES string of the molecule is CC(C)(O)CCC(O[PH](=O)c1ccccc1)c1ccc(C(=O)Nc2cc(-c3cccs3)ccc2N)cc1. The second-order valence-electron chi connectivity index (χ2n) is 9.47. The first kappa shape index (κ1) is 26.8. The average molecular weight is 535 g/mol. The molecule has 0 aliphatic carbocycles. The Labute approximate surface area is 222 Å². The van der Waals surface area contributed by atoms with Crippen LogP contribution in [0.2, 0.25) is 0 Å². The summed E-state index contributed by atoms with van der Waals surface area (Å²) in [6.45, 7) is 3.47. The highest BCUT2D eigenvalue weighted by atomic mass is 32.1. The van der Waals surface area contributed by atoms with Gasteiger partial charge in [0.2, 0.25) is 8.03 Å². The van der Waals surface area contributed by atoms with Gasteiger partial charge in [0.05, 0.1) is 23.1 Å². The fourth-order valence-corrected chi connectivity index (χ4v) is 5.69. The Balaban J connectivity index is 1.50. The fraction of sp³-hybridized carbons (Fsp3) is 0.207. The van der Waals surface area contributed by atoms with Crippen LogP contribution in [0.15, 0.2) is 90.3 Å². The van der Waals surface area contributed by atoms with Crippen LogP contribution in [-0.4, -0.2) is 16.6 Å². The molecule has 3 aromatic carbocycles. The summed E-state index contributed by atoms with van der Waals surface area (Å²) in [5.74, 6) is -0.284. The molecule has 192 valence electrons. The molecule has 4 aromatic rings. The minimum absolute atomic E-state index is 0.284. The van der Waals surface area contributed by atoms with E-state index in [-0.39, 0.29) is 5.91 Å². The molecule has 8 heteroatoms. The van der Waals surface area contributed by atoms with Crippen LogP contribution in [0, 0.1) is 0 Å². The van der Waals surface area contributed by atoms with E-state index in [1.165, 1.54) is 0 Å². The van der Waals surface area contributed by atoms with E-state index in [2.05, 4.69) is 5.32 Å². The van der Waals surface area contributed by atoms with Crippen LogP contribution in [0.3, 0.4) is 0 Å². The van der Waals surface area contributed by atoms with Crippen molar-refractivity contribution in [1.29, 1.82) is 0 Å². The number of thiophene rings is 1. The lowest BCUT2D eigenvalue weighted by Crippen LogP contribution is -2.20. The van der Waals surface area contributed by atoms with Crippen LogP contribution in [0.5, 0.6) is 0 Å². The van der Waals surface area contributed by atoms with Crippen molar-refractivity contribution in [2.75, 3.05) is 11.1 Å². The van der Waals surface area contributed by atoms with E-state index in [0.717, 1.165) is 16.0 Å². The molecule has 4 rings (SSSR count). The lowest BCUT2D eigenvalue weighted by molar-refractivity contribution is 0.0544. The first-order chi connectivity index (χ1) is 17.7. The van der Waals surface area contributed by atoms with E-state index in [0.29, 0.717) is 35.1 Å². The third-order valence-electron chi connectivity index (χ3n) is 5.93. The maximum atomic E-state index is 13.0. The van der Waals surface area contributed by atoms with Crippen molar-refractivity contribution in [3.8, 4) is 10.4 Å². The Bertz CT molecular complexity index is 1350. The van der Waals surface area contributed by atoms with Crippen molar-refractivity contribution in [2.24, 2.45) is 0 Å². The van der Waals surface area contributed by atoms with Crippen molar-refractivity contribution < 1.29 is 19.0 Å². The molecule has 0 fully saturated rings. The average Bonchev–Trinajstić information content (AvgIpc) is 3.43. The summed E-state index contributed by atoms with van der Waals surface area (Å²) < 4.78 is 18.9. The van der Waals surface area contributed by atoms with Crippen molar-refractivity contribution >= 4 is 42.0 Å². The van der Waals surface area contributed by atoms with E-state index in [1.807, 2.05) is 47.8 Å². The third kappa shape index (κ3) is 7.40. The molecule has 0 saturated carbocycles. The molecule has 1 amide bonds. The van der Waals surface area contributed by atoms with Crippen LogP contribution in [0.4, 0.5) is 11.4 Å². The highest BCUT2D eigenvalue weighted by Gasteiger charge is 2.22. The Kier molecular flexibility index (Phi) is 8.62. The van der Waals surface area contributed by atoms with Crippen LogP contribution < -0.4 is 16.4 Å². The molecule has 2 unspecified atom stereocenters. The summed E-state index contributed by atoms with van der Waals surface area (Å²) in [4.78, 5) is 14.1. The van der Waals surface area contributed by atoms with E-state index in [9.17, 15) is 14.5 Å². The summed E-state index contributed by atoms with van der Waals surface area (Å²) >= 11 is 1.62. The second kappa shape index (κ2) is 11.9. The number of hydrogen-bond acceptors (Lipinski definition) is 6. The number of carbonyl (C=O) groups excluding carboxylic acids is 1. The number of carbonyl (C=O) groups is 1. The van der Waals surface area contributed by atoms with Gasteiger partial charge in [0.1, 0.15) is 0 Å². The molecular weight excluding hydrogens is 503 g/mol. The number of benzene rings is 3. The zero-order valence-corrected chi connectivity index (χ0v) is 22.6. The molecule has 0 spiro atoms. The van der Waals surface area contributed by atoms with Crippen LogP contribution >= 0.6 is 19.4 Å². The van der Waals surface area contributed by atoms with Gasteiger partial charge in [-0.25, -0.2) is 0 Å². The number of nitrogen functional groups attached to an aromatic ring is 1. The number of anilines is 2. The zero-order chi connectivity index (χ0) is 26.4. The number of hydrogen-bond donors (Lipinski definition) is 3. The molecule has 0 bridgehead atoms. The first-order valence-corrected chi connectivity index (χ1v) is 14.2. The Hall–Kier alpha value is -3.22. The quantitative estimate of drug-likeness (QED) is 0.156. The van der Waals surface area contributed by atoms with Gasteiger partial charge in [-0.05, 0) is 85.7 Å². The largest absolute Gasteiger partial charge is 0.397 e. The van der Waals surface area contributed by atoms with Crippen LogP contribution in [0.1, 0.15) is 48.7 Å². The normalized spacial score (nSPS) is 13.2. The van der Waals surface area contributed by atoms with Gasteiger partial charge in [0.15, 0.2) is 0 Å². The predicted octanol–water partition coefficient (Wildman–Crippen LogP) is 6.66. The van der Waals surface area contributed by atoms with E-state index >= 15 is 0 Å². The molecular formula is C29H31N2O4PS. The van der Waals surface area contributed by atoms with Gasteiger partial charge in [0, 0.05) is 15.7 Å². The van der Waals surface area contributed by atoms with Crippen molar-refractivity contribution in [2.45, 2.75) is 38.4 Å². The first-order valence-electron chi connectivity index (χ1n) is 12.0. The van der Waals surface area contributed by atoms with Gasteiger partial charge in [-0.15, -0.1) is 11.3 Å². The summed E-state index contributed by atoms with van der Waals surface area (Å²) in [5, 5.41) is 15.8. The summed E-state index contributed by atoms with van der Waals surface area (Å²) in [7, 11) is -2.50. The van der Waals surface area contributed by atoms with E-state index < -0.39 is 19.7 Å². The van der Waals surface area contributed by atoms with Crippen LogP contribution in [-0.2, 0) is 9.09 Å². The number of aliphatic hydroxyl groups is 1. The molecule has 6 nitrogen and oxygen atoms in total. The zero-order valence-electron chi connectivity index (χ0n) is 20.8. The summed E-state index contributed by atoms with van der Waals surface area (Å²) in [5.41, 5.74) is 8.49. The van der Waals surface area contributed by atoms with Gasteiger partial charge in [-0.2, -0.15) is 0 Å². The lowest BCUT2D eigenvalue weighted by atomic mass is 9.96. The number of rotatable bonds is 10. The highest BCUT2D eigenvalue weighted by Crippen LogP contribution is 2.36. The molecule has 37 heavy (non-hydrogen) atoms.